The third kappa shape index (κ3) is 1.50. The second-order valence-corrected chi connectivity index (χ2v) is 3.51. The quantitative estimate of drug-likeness (QED) is 0.592. The van der Waals surface area contributed by atoms with Gasteiger partial charge in [-0.15, -0.1) is 0 Å². The number of ketones is 1. The second kappa shape index (κ2) is 3.27. The molecule has 0 bridgehead atoms. The number of carbonyl (C=O) groups excluding carboxylic acids is 1. The van der Waals surface area contributed by atoms with E-state index in [2.05, 4.69) is 15.9 Å². The average Bonchev–Trinajstić information content (AvgIpc) is 1.97. The highest BCUT2D eigenvalue weighted by atomic mass is 79.9. The molecule has 0 saturated heterocycles. The van der Waals surface area contributed by atoms with Crippen LogP contribution in [0.5, 0.6) is 0 Å². The Balaban J connectivity index is 3.43. The first kappa shape index (κ1) is 9.26. The normalized spacial score (nSPS) is 9.92. The van der Waals surface area contributed by atoms with E-state index in [1.54, 1.807) is 6.07 Å². The Bertz CT molecular complexity index is 334. The Morgan fingerprint density at radius 2 is 2.08 bits per heavy atom. The lowest BCUT2D eigenvalue weighted by Gasteiger charge is -2.06. The van der Waals surface area contributed by atoms with Crippen LogP contribution in [0.1, 0.15) is 22.8 Å². The SMILES string of the molecule is CC(=O)c1c(N)ccc(C)c1Br. The number of aryl methyl sites for hydroxylation is 1. The van der Waals surface area contributed by atoms with Crippen LogP contribution in [-0.2, 0) is 0 Å². The smallest absolute Gasteiger partial charge is 0.163 e. The molecule has 0 aromatic heterocycles. The lowest BCUT2D eigenvalue weighted by Crippen LogP contribution is -2.01. The number of anilines is 1. The summed E-state index contributed by atoms with van der Waals surface area (Å²) in [5.74, 6) is -0.0110. The average molecular weight is 228 g/mol. The molecule has 0 unspecified atom stereocenters. The van der Waals surface area contributed by atoms with Crippen LogP contribution in [-0.4, -0.2) is 5.78 Å². The zero-order valence-corrected chi connectivity index (χ0v) is 8.60. The largest absolute Gasteiger partial charge is 0.398 e. The molecule has 0 spiro atoms. The number of nitrogens with two attached hydrogens (primary N) is 1. The molecule has 3 heteroatoms. The molecule has 0 saturated carbocycles. The van der Waals surface area contributed by atoms with Crippen LogP contribution in [0.15, 0.2) is 16.6 Å². The molecule has 1 aromatic carbocycles. The zero-order chi connectivity index (χ0) is 9.30. The molecule has 0 aliphatic heterocycles. The van der Waals surface area contributed by atoms with E-state index < -0.39 is 0 Å². The minimum Gasteiger partial charge on any atom is -0.398 e. The Morgan fingerprint density at radius 1 is 1.50 bits per heavy atom. The summed E-state index contributed by atoms with van der Waals surface area (Å²) < 4.78 is 0.801. The molecule has 0 radical (unpaired) electrons. The predicted molar refractivity (Wildman–Crippen MR) is 53.3 cm³/mol. The van der Waals surface area contributed by atoms with E-state index in [0.717, 1.165) is 10.0 Å². The van der Waals surface area contributed by atoms with Crippen LogP contribution >= 0.6 is 15.9 Å². The molecule has 0 aliphatic carbocycles. The van der Waals surface area contributed by atoms with Crippen molar-refractivity contribution in [2.45, 2.75) is 13.8 Å². The standard InChI is InChI=1S/C9H10BrNO/c1-5-3-4-7(11)8(6(2)12)9(5)10/h3-4H,11H2,1-2H3. The number of Topliss-reactive ketones (excluding diaryl/α,β-unsaturated/α-hetero) is 1. The van der Waals surface area contributed by atoms with Crippen LogP contribution in [0.25, 0.3) is 0 Å². The number of carbonyl (C=O) groups is 1. The van der Waals surface area contributed by atoms with Crippen LogP contribution in [0, 0.1) is 6.92 Å². The topological polar surface area (TPSA) is 43.1 Å². The van der Waals surface area contributed by atoms with Crippen LogP contribution in [0.2, 0.25) is 0 Å². The van der Waals surface area contributed by atoms with E-state index >= 15 is 0 Å². The first-order chi connectivity index (χ1) is 5.54. The molecule has 1 rings (SSSR count). The van der Waals surface area contributed by atoms with Gasteiger partial charge < -0.3 is 5.73 Å². The Kier molecular flexibility index (Phi) is 2.52. The van der Waals surface area contributed by atoms with E-state index in [4.69, 9.17) is 5.73 Å². The number of benzene rings is 1. The Morgan fingerprint density at radius 3 is 2.50 bits per heavy atom. The van der Waals surface area contributed by atoms with Crippen molar-refractivity contribution >= 4 is 27.4 Å². The molecule has 0 aliphatic rings. The van der Waals surface area contributed by atoms with E-state index in [0.29, 0.717) is 11.3 Å². The van der Waals surface area contributed by atoms with Crippen molar-refractivity contribution in [3.05, 3.63) is 27.7 Å². The van der Waals surface area contributed by atoms with Crippen LogP contribution in [0.3, 0.4) is 0 Å². The van der Waals surface area contributed by atoms with Crippen molar-refractivity contribution in [2.75, 3.05) is 5.73 Å². The third-order valence-electron chi connectivity index (χ3n) is 1.72. The van der Waals surface area contributed by atoms with Gasteiger partial charge in [0, 0.05) is 10.2 Å². The molecular formula is C9H10BrNO. The van der Waals surface area contributed by atoms with Gasteiger partial charge in [-0.05, 0) is 41.4 Å². The summed E-state index contributed by atoms with van der Waals surface area (Å²) in [7, 11) is 0. The zero-order valence-electron chi connectivity index (χ0n) is 7.02. The summed E-state index contributed by atoms with van der Waals surface area (Å²) in [6.07, 6.45) is 0. The van der Waals surface area contributed by atoms with Crippen molar-refractivity contribution in [1.82, 2.24) is 0 Å². The maximum atomic E-state index is 11.1. The Labute approximate surface area is 79.9 Å². The van der Waals surface area contributed by atoms with Gasteiger partial charge >= 0.3 is 0 Å². The molecule has 2 nitrogen and oxygen atoms in total. The minimum atomic E-state index is -0.0110. The highest BCUT2D eigenvalue weighted by Crippen LogP contribution is 2.26. The van der Waals surface area contributed by atoms with Crippen molar-refractivity contribution in [2.24, 2.45) is 0 Å². The summed E-state index contributed by atoms with van der Waals surface area (Å²) in [4.78, 5) is 11.1. The molecule has 12 heavy (non-hydrogen) atoms. The molecule has 2 N–H and O–H groups in total. The summed E-state index contributed by atoms with van der Waals surface area (Å²) in [5, 5.41) is 0. The van der Waals surface area contributed by atoms with E-state index in [9.17, 15) is 4.79 Å². The van der Waals surface area contributed by atoms with Crippen molar-refractivity contribution in [1.29, 1.82) is 0 Å². The Hall–Kier alpha value is -0.830. The number of rotatable bonds is 1. The monoisotopic (exact) mass is 227 g/mol. The molecule has 0 amide bonds. The summed E-state index contributed by atoms with van der Waals surface area (Å²) in [5.41, 5.74) is 7.77. The maximum absolute atomic E-state index is 11.1. The van der Waals surface area contributed by atoms with Crippen LogP contribution < -0.4 is 5.73 Å². The number of halogens is 1. The minimum absolute atomic E-state index is 0.0110. The fourth-order valence-electron chi connectivity index (χ4n) is 1.05. The first-order valence-electron chi connectivity index (χ1n) is 3.59. The number of nitrogen functional groups attached to an aromatic ring is 1. The van der Waals surface area contributed by atoms with Crippen LogP contribution in [0.4, 0.5) is 5.69 Å². The van der Waals surface area contributed by atoms with E-state index in [1.165, 1.54) is 6.92 Å². The third-order valence-corrected chi connectivity index (χ3v) is 2.74. The van der Waals surface area contributed by atoms with Gasteiger partial charge in [0.15, 0.2) is 5.78 Å². The molecular weight excluding hydrogens is 218 g/mol. The van der Waals surface area contributed by atoms with Gasteiger partial charge in [0.2, 0.25) is 0 Å². The van der Waals surface area contributed by atoms with E-state index in [1.807, 2.05) is 13.0 Å². The van der Waals surface area contributed by atoms with Gasteiger partial charge in [-0.2, -0.15) is 0 Å². The fraction of sp³-hybridized carbons (Fsp3) is 0.222. The van der Waals surface area contributed by atoms with Gasteiger partial charge in [-0.25, -0.2) is 0 Å². The maximum Gasteiger partial charge on any atom is 0.163 e. The van der Waals surface area contributed by atoms with Gasteiger partial charge in [-0.1, -0.05) is 6.07 Å². The molecule has 0 fully saturated rings. The van der Waals surface area contributed by atoms with Gasteiger partial charge in [-0.3, -0.25) is 4.79 Å². The van der Waals surface area contributed by atoms with Gasteiger partial charge in [0.05, 0.1) is 5.56 Å². The highest BCUT2D eigenvalue weighted by Gasteiger charge is 2.10. The lowest BCUT2D eigenvalue weighted by molar-refractivity contribution is 0.101. The van der Waals surface area contributed by atoms with Gasteiger partial charge in [0.25, 0.3) is 0 Å². The van der Waals surface area contributed by atoms with Gasteiger partial charge in [0.1, 0.15) is 0 Å². The van der Waals surface area contributed by atoms with Crippen molar-refractivity contribution < 1.29 is 4.79 Å². The number of hydrogen-bond donors (Lipinski definition) is 1. The van der Waals surface area contributed by atoms with Crippen molar-refractivity contribution in [3.8, 4) is 0 Å². The fourth-order valence-corrected chi connectivity index (χ4v) is 1.69. The van der Waals surface area contributed by atoms with Crippen molar-refractivity contribution in [3.63, 3.8) is 0 Å². The summed E-state index contributed by atoms with van der Waals surface area (Å²) in [6.45, 7) is 3.44. The lowest BCUT2D eigenvalue weighted by atomic mass is 10.1. The first-order valence-corrected chi connectivity index (χ1v) is 4.39. The predicted octanol–water partition coefficient (Wildman–Crippen LogP) is 2.54. The summed E-state index contributed by atoms with van der Waals surface area (Å²) >= 11 is 3.33. The molecule has 1 aromatic rings. The molecule has 64 valence electrons. The highest BCUT2D eigenvalue weighted by molar-refractivity contribution is 9.10. The molecule has 0 atom stereocenters. The number of hydrogen-bond acceptors (Lipinski definition) is 2. The second-order valence-electron chi connectivity index (χ2n) is 2.72. The van der Waals surface area contributed by atoms with E-state index in [-0.39, 0.29) is 5.78 Å². The summed E-state index contributed by atoms with van der Waals surface area (Å²) in [6, 6.07) is 3.63. The molecule has 0 heterocycles.